The van der Waals surface area contributed by atoms with Crippen LogP contribution >= 0.6 is 0 Å². The van der Waals surface area contributed by atoms with Crippen LogP contribution in [0.3, 0.4) is 0 Å². The first kappa shape index (κ1) is 15.5. The third-order valence-electron chi connectivity index (χ3n) is 4.15. The second kappa shape index (κ2) is 6.70. The normalized spacial score (nSPS) is 23.3. The summed E-state index contributed by atoms with van der Waals surface area (Å²) in [5.74, 6) is -2.74. The molecule has 5 heteroatoms. The summed E-state index contributed by atoms with van der Waals surface area (Å²) in [4.78, 5) is 23.6. The molecule has 2 unspecified atom stereocenters. The molecule has 0 radical (unpaired) electrons. The molecular weight excluding hydrogens is 273 g/mol. The average molecular weight is 293 g/mol. The number of carbonyl (C=O) groups is 2. The van der Waals surface area contributed by atoms with Crippen LogP contribution in [-0.2, 0) is 9.59 Å². The minimum atomic E-state index is -0.923. The van der Waals surface area contributed by atoms with Gasteiger partial charge in [-0.25, -0.2) is 4.39 Å². The molecule has 1 fully saturated rings. The van der Waals surface area contributed by atoms with Crippen molar-refractivity contribution in [3.8, 4) is 0 Å². The first-order valence-electron chi connectivity index (χ1n) is 7.28. The molecule has 2 rings (SSSR count). The SMILES string of the molecule is C[C@H](NC(=O)C1CCCCC1C(=O)O)c1ccccc1F. The maximum Gasteiger partial charge on any atom is 0.307 e. The first-order valence-corrected chi connectivity index (χ1v) is 7.28. The van der Waals surface area contributed by atoms with Crippen molar-refractivity contribution in [2.45, 2.75) is 38.6 Å². The van der Waals surface area contributed by atoms with Crippen LogP contribution < -0.4 is 5.32 Å². The van der Waals surface area contributed by atoms with E-state index in [2.05, 4.69) is 5.32 Å². The number of carboxylic acid groups (broad SMARTS) is 1. The minimum absolute atomic E-state index is 0.294. The van der Waals surface area contributed by atoms with Crippen molar-refractivity contribution in [3.05, 3.63) is 35.6 Å². The number of amides is 1. The Morgan fingerprint density at radius 3 is 2.48 bits per heavy atom. The summed E-state index contributed by atoms with van der Waals surface area (Å²) in [6.45, 7) is 1.70. The lowest BCUT2D eigenvalue weighted by molar-refractivity contribution is -0.149. The molecule has 1 aromatic carbocycles. The van der Waals surface area contributed by atoms with Crippen molar-refractivity contribution in [1.82, 2.24) is 5.32 Å². The van der Waals surface area contributed by atoms with Gasteiger partial charge < -0.3 is 10.4 Å². The van der Waals surface area contributed by atoms with Crippen LogP contribution in [0.5, 0.6) is 0 Å². The first-order chi connectivity index (χ1) is 10.0. The monoisotopic (exact) mass is 293 g/mol. The van der Waals surface area contributed by atoms with Gasteiger partial charge in [-0.2, -0.15) is 0 Å². The highest BCUT2D eigenvalue weighted by atomic mass is 19.1. The number of hydrogen-bond acceptors (Lipinski definition) is 2. The van der Waals surface area contributed by atoms with Gasteiger partial charge in [-0.05, 0) is 25.8 Å². The topological polar surface area (TPSA) is 66.4 Å². The Morgan fingerprint density at radius 1 is 1.24 bits per heavy atom. The smallest absolute Gasteiger partial charge is 0.307 e. The number of benzene rings is 1. The molecule has 1 aliphatic rings. The van der Waals surface area contributed by atoms with Crippen LogP contribution in [0.2, 0.25) is 0 Å². The van der Waals surface area contributed by atoms with E-state index in [0.29, 0.717) is 18.4 Å². The summed E-state index contributed by atoms with van der Waals surface area (Å²) in [6.07, 6.45) is 2.80. The number of carbonyl (C=O) groups excluding carboxylic acids is 1. The van der Waals surface area contributed by atoms with Crippen LogP contribution in [0, 0.1) is 17.7 Å². The van der Waals surface area contributed by atoms with Crippen molar-refractivity contribution in [2.24, 2.45) is 11.8 Å². The van der Waals surface area contributed by atoms with Gasteiger partial charge in [0, 0.05) is 5.56 Å². The summed E-state index contributed by atoms with van der Waals surface area (Å²) in [5.41, 5.74) is 0.411. The van der Waals surface area contributed by atoms with Crippen molar-refractivity contribution in [3.63, 3.8) is 0 Å². The van der Waals surface area contributed by atoms with Crippen LogP contribution in [0.25, 0.3) is 0 Å². The van der Waals surface area contributed by atoms with Crippen LogP contribution in [0.4, 0.5) is 4.39 Å². The molecule has 0 aromatic heterocycles. The van der Waals surface area contributed by atoms with E-state index in [0.717, 1.165) is 12.8 Å². The summed E-state index contributed by atoms with van der Waals surface area (Å²) >= 11 is 0. The van der Waals surface area contributed by atoms with E-state index in [1.807, 2.05) is 0 Å². The number of nitrogens with one attached hydrogen (secondary N) is 1. The number of rotatable bonds is 4. The van der Waals surface area contributed by atoms with E-state index >= 15 is 0 Å². The summed E-state index contributed by atoms with van der Waals surface area (Å²) in [6, 6.07) is 5.79. The third-order valence-corrected chi connectivity index (χ3v) is 4.15. The summed E-state index contributed by atoms with van der Waals surface area (Å²) < 4.78 is 13.7. The van der Waals surface area contributed by atoms with E-state index in [-0.39, 0.29) is 11.7 Å². The van der Waals surface area contributed by atoms with E-state index in [4.69, 9.17) is 0 Å². The quantitative estimate of drug-likeness (QED) is 0.897. The Balaban J connectivity index is 2.06. The number of hydrogen-bond donors (Lipinski definition) is 2. The molecule has 3 atom stereocenters. The fourth-order valence-electron chi connectivity index (χ4n) is 2.96. The van der Waals surface area contributed by atoms with Gasteiger partial charge in [-0.15, -0.1) is 0 Å². The molecule has 0 spiro atoms. The molecule has 1 saturated carbocycles. The fraction of sp³-hybridized carbons (Fsp3) is 0.500. The number of carboxylic acids is 1. The van der Waals surface area contributed by atoms with Crippen LogP contribution in [0.1, 0.15) is 44.2 Å². The van der Waals surface area contributed by atoms with Crippen molar-refractivity contribution >= 4 is 11.9 Å². The van der Waals surface area contributed by atoms with E-state index in [1.165, 1.54) is 6.07 Å². The molecule has 1 aromatic rings. The Morgan fingerprint density at radius 2 is 1.86 bits per heavy atom. The Kier molecular flexibility index (Phi) is 4.94. The molecule has 114 valence electrons. The van der Waals surface area contributed by atoms with Crippen molar-refractivity contribution in [1.29, 1.82) is 0 Å². The van der Waals surface area contributed by atoms with Crippen molar-refractivity contribution in [2.75, 3.05) is 0 Å². The summed E-state index contributed by atoms with van der Waals surface area (Å²) in [7, 11) is 0. The Hall–Kier alpha value is -1.91. The average Bonchev–Trinajstić information content (AvgIpc) is 2.47. The zero-order valence-corrected chi connectivity index (χ0v) is 12.0. The predicted molar refractivity (Wildman–Crippen MR) is 76.0 cm³/mol. The van der Waals surface area contributed by atoms with Gasteiger partial charge in [0.05, 0.1) is 17.9 Å². The molecule has 1 aliphatic carbocycles. The maximum absolute atomic E-state index is 13.7. The van der Waals surface area contributed by atoms with Gasteiger partial charge in [0.1, 0.15) is 5.82 Å². The van der Waals surface area contributed by atoms with Gasteiger partial charge >= 0.3 is 5.97 Å². The highest BCUT2D eigenvalue weighted by molar-refractivity contribution is 5.85. The van der Waals surface area contributed by atoms with Gasteiger partial charge in [0.2, 0.25) is 5.91 Å². The molecular formula is C16H20FNO3. The minimum Gasteiger partial charge on any atom is -0.481 e. The zero-order chi connectivity index (χ0) is 15.4. The van der Waals surface area contributed by atoms with Crippen molar-refractivity contribution < 1.29 is 19.1 Å². The van der Waals surface area contributed by atoms with Gasteiger partial charge in [0.25, 0.3) is 0 Å². The fourth-order valence-corrected chi connectivity index (χ4v) is 2.96. The standard InChI is InChI=1S/C16H20FNO3/c1-10(11-6-4-5-9-14(11)17)18-15(19)12-7-2-3-8-13(12)16(20)21/h4-6,9-10,12-13H,2-3,7-8H2,1H3,(H,18,19)(H,20,21)/t10-,12?,13?/m0/s1. The number of aliphatic carboxylic acids is 1. The highest BCUT2D eigenvalue weighted by Gasteiger charge is 2.36. The second-order valence-corrected chi connectivity index (χ2v) is 5.59. The van der Waals surface area contributed by atoms with E-state index in [9.17, 15) is 19.1 Å². The molecule has 0 saturated heterocycles. The molecule has 2 N–H and O–H groups in total. The Bertz CT molecular complexity index is 532. The maximum atomic E-state index is 13.7. The predicted octanol–water partition coefficient (Wildman–Crippen LogP) is 2.89. The lowest BCUT2D eigenvalue weighted by atomic mass is 9.78. The molecule has 1 amide bonds. The molecule has 0 heterocycles. The third kappa shape index (κ3) is 3.60. The highest BCUT2D eigenvalue weighted by Crippen LogP contribution is 2.31. The Labute approximate surface area is 123 Å². The zero-order valence-electron chi connectivity index (χ0n) is 12.0. The van der Waals surface area contributed by atoms with Gasteiger partial charge in [-0.1, -0.05) is 31.0 Å². The van der Waals surface area contributed by atoms with Gasteiger partial charge in [-0.3, -0.25) is 9.59 Å². The van der Waals surface area contributed by atoms with E-state index in [1.54, 1.807) is 25.1 Å². The molecule has 21 heavy (non-hydrogen) atoms. The van der Waals surface area contributed by atoms with Crippen LogP contribution in [0.15, 0.2) is 24.3 Å². The van der Waals surface area contributed by atoms with Gasteiger partial charge in [0.15, 0.2) is 0 Å². The molecule has 0 aliphatic heterocycles. The lowest BCUT2D eigenvalue weighted by Gasteiger charge is -2.28. The second-order valence-electron chi connectivity index (χ2n) is 5.59. The summed E-state index contributed by atoms with van der Waals surface area (Å²) in [5, 5.41) is 12.0. The van der Waals surface area contributed by atoms with Crippen LogP contribution in [-0.4, -0.2) is 17.0 Å². The molecule has 0 bridgehead atoms. The lowest BCUT2D eigenvalue weighted by Crippen LogP contribution is -2.40. The molecule has 4 nitrogen and oxygen atoms in total. The number of halogens is 1. The van der Waals surface area contributed by atoms with E-state index < -0.39 is 23.8 Å². The largest absolute Gasteiger partial charge is 0.481 e.